The maximum absolute atomic E-state index is 10.5. The van der Waals surface area contributed by atoms with Gasteiger partial charge in [0.05, 0.1) is 6.10 Å². The lowest BCUT2D eigenvalue weighted by molar-refractivity contribution is 0.0114. The Bertz CT molecular complexity index is 513. The number of hydrogen-bond acceptors (Lipinski definition) is 2. The zero-order valence-corrected chi connectivity index (χ0v) is 13.1. The summed E-state index contributed by atoms with van der Waals surface area (Å²) in [5.41, 5.74) is 2.63. The van der Waals surface area contributed by atoms with E-state index < -0.39 is 0 Å². The molecule has 1 aliphatic rings. The standard InChI is InChI=1S/C20H25NO/c22-20-14-8-7-13-19(20)21(15-17-9-3-1-4-10-17)16-18-11-5-2-6-12-18/h1-6,9-12,19-20,22H,7-8,13-16H2/t19-,20+/m0/s1. The van der Waals surface area contributed by atoms with Crippen molar-refractivity contribution in [2.24, 2.45) is 0 Å². The third kappa shape index (κ3) is 3.96. The van der Waals surface area contributed by atoms with E-state index in [9.17, 15) is 5.11 Å². The van der Waals surface area contributed by atoms with E-state index in [-0.39, 0.29) is 12.1 Å². The fraction of sp³-hybridized carbons (Fsp3) is 0.400. The molecule has 2 atom stereocenters. The van der Waals surface area contributed by atoms with Crippen molar-refractivity contribution in [1.29, 1.82) is 0 Å². The number of aliphatic hydroxyl groups is 1. The predicted octanol–water partition coefficient (Wildman–Crippen LogP) is 3.99. The fourth-order valence-corrected chi connectivity index (χ4v) is 3.44. The molecule has 1 saturated carbocycles. The van der Waals surface area contributed by atoms with Gasteiger partial charge in [-0.1, -0.05) is 73.5 Å². The van der Waals surface area contributed by atoms with E-state index in [4.69, 9.17) is 0 Å². The second kappa shape index (κ2) is 7.57. The van der Waals surface area contributed by atoms with Crippen molar-refractivity contribution in [3.05, 3.63) is 71.8 Å². The first-order chi connectivity index (χ1) is 10.8. The van der Waals surface area contributed by atoms with Crippen LogP contribution in [0.2, 0.25) is 0 Å². The minimum atomic E-state index is -0.193. The average Bonchev–Trinajstić information content (AvgIpc) is 2.57. The molecule has 0 heterocycles. The molecule has 0 bridgehead atoms. The summed E-state index contributed by atoms with van der Waals surface area (Å²) >= 11 is 0. The van der Waals surface area contributed by atoms with Gasteiger partial charge >= 0.3 is 0 Å². The average molecular weight is 295 g/mol. The molecule has 0 spiro atoms. The van der Waals surface area contributed by atoms with Crippen LogP contribution >= 0.6 is 0 Å². The minimum Gasteiger partial charge on any atom is -0.391 e. The number of benzene rings is 2. The Morgan fingerprint density at radius 2 is 1.27 bits per heavy atom. The molecule has 0 aliphatic heterocycles. The van der Waals surface area contributed by atoms with Gasteiger partial charge in [0, 0.05) is 19.1 Å². The highest BCUT2D eigenvalue weighted by atomic mass is 16.3. The Morgan fingerprint density at radius 1 is 0.773 bits per heavy atom. The monoisotopic (exact) mass is 295 g/mol. The summed E-state index contributed by atoms with van der Waals surface area (Å²) in [6, 6.07) is 21.4. The van der Waals surface area contributed by atoms with Crippen LogP contribution in [0.5, 0.6) is 0 Å². The second-order valence-electron chi connectivity index (χ2n) is 6.30. The molecule has 0 saturated heterocycles. The van der Waals surface area contributed by atoms with E-state index in [1.807, 2.05) is 0 Å². The molecule has 0 aromatic heterocycles. The zero-order chi connectivity index (χ0) is 15.2. The van der Waals surface area contributed by atoms with Crippen LogP contribution in [-0.4, -0.2) is 22.2 Å². The Morgan fingerprint density at radius 3 is 1.77 bits per heavy atom. The summed E-state index contributed by atoms with van der Waals surface area (Å²) in [6.45, 7) is 1.80. The number of aliphatic hydroxyl groups excluding tert-OH is 1. The maximum atomic E-state index is 10.5. The molecule has 1 fully saturated rings. The highest BCUT2D eigenvalue weighted by Crippen LogP contribution is 2.26. The van der Waals surface area contributed by atoms with Gasteiger partial charge in [-0.2, -0.15) is 0 Å². The Balaban J connectivity index is 1.78. The quantitative estimate of drug-likeness (QED) is 0.901. The van der Waals surface area contributed by atoms with Gasteiger partial charge in [-0.3, -0.25) is 4.90 Å². The van der Waals surface area contributed by atoms with Crippen molar-refractivity contribution in [3.8, 4) is 0 Å². The Hall–Kier alpha value is -1.64. The smallest absolute Gasteiger partial charge is 0.0695 e. The summed E-state index contributed by atoms with van der Waals surface area (Å²) in [5, 5.41) is 10.5. The second-order valence-corrected chi connectivity index (χ2v) is 6.30. The molecule has 0 radical (unpaired) electrons. The maximum Gasteiger partial charge on any atom is 0.0695 e. The summed E-state index contributed by atoms with van der Waals surface area (Å²) in [6.07, 6.45) is 4.22. The van der Waals surface area contributed by atoms with Crippen LogP contribution in [0.15, 0.2) is 60.7 Å². The number of hydrogen-bond donors (Lipinski definition) is 1. The topological polar surface area (TPSA) is 23.5 Å². The molecular formula is C20H25NO. The summed E-state index contributed by atoms with van der Waals surface area (Å²) < 4.78 is 0. The van der Waals surface area contributed by atoms with Crippen LogP contribution < -0.4 is 0 Å². The van der Waals surface area contributed by atoms with Crippen molar-refractivity contribution >= 4 is 0 Å². The fourth-order valence-electron chi connectivity index (χ4n) is 3.44. The van der Waals surface area contributed by atoms with E-state index >= 15 is 0 Å². The number of rotatable bonds is 5. The minimum absolute atomic E-state index is 0.193. The van der Waals surface area contributed by atoms with Crippen LogP contribution in [0, 0.1) is 0 Å². The lowest BCUT2D eigenvalue weighted by atomic mass is 9.90. The molecular weight excluding hydrogens is 270 g/mol. The molecule has 1 aliphatic carbocycles. The van der Waals surface area contributed by atoms with Gasteiger partial charge < -0.3 is 5.11 Å². The van der Waals surface area contributed by atoms with E-state index in [0.717, 1.165) is 32.4 Å². The van der Waals surface area contributed by atoms with Gasteiger partial charge in [-0.25, -0.2) is 0 Å². The summed E-state index contributed by atoms with van der Waals surface area (Å²) in [4.78, 5) is 2.45. The van der Waals surface area contributed by atoms with E-state index in [1.54, 1.807) is 0 Å². The van der Waals surface area contributed by atoms with Gasteiger partial charge in [0.15, 0.2) is 0 Å². The first kappa shape index (κ1) is 15.3. The third-order valence-corrected chi connectivity index (χ3v) is 4.62. The zero-order valence-electron chi connectivity index (χ0n) is 13.1. The van der Waals surface area contributed by atoms with Crippen LogP contribution in [0.3, 0.4) is 0 Å². The van der Waals surface area contributed by atoms with E-state index in [1.165, 1.54) is 17.5 Å². The molecule has 2 aromatic carbocycles. The highest BCUT2D eigenvalue weighted by Gasteiger charge is 2.28. The molecule has 3 rings (SSSR count). The lowest BCUT2D eigenvalue weighted by Gasteiger charge is -2.38. The normalized spacial score (nSPS) is 21.9. The van der Waals surface area contributed by atoms with Crippen molar-refractivity contribution in [2.75, 3.05) is 0 Å². The molecule has 2 heteroatoms. The lowest BCUT2D eigenvalue weighted by Crippen LogP contribution is -2.44. The Kier molecular flexibility index (Phi) is 5.25. The van der Waals surface area contributed by atoms with Crippen molar-refractivity contribution in [1.82, 2.24) is 4.90 Å². The van der Waals surface area contributed by atoms with Gasteiger partial charge in [0.25, 0.3) is 0 Å². The van der Waals surface area contributed by atoms with Gasteiger partial charge in [0.1, 0.15) is 0 Å². The van der Waals surface area contributed by atoms with Crippen molar-refractivity contribution < 1.29 is 5.11 Å². The first-order valence-corrected chi connectivity index (χ1v) is 8.33. The summed E-state index contributed by atoms with van der Waals surface area (Å²) in [7, 11) is 0. The molecule has 1 N–H and O–H groups in total. The van der Waals surface area contributed by atoms with E-state index in [0.29, 0.717) is 0 Å². The highest BCUT2D eigenvalue weighted by molar-refractivity contribution is 5.17. The van der Waals surface area contributed by atoms with Crippen LogP contribution in [0.1, 0.15) is 36.8 Å². The van der Waals surface area contributed by atoms with Crippen LogP contribution in [0.25, 0.3) is 0 Å². The molecule has 22 heavy (non-hydrogen) atoms. The largest absolute Gasteiger partial charge is 0.391 e. The van der Waals surface area contributed by atoms with Crippen molar-refractivity contribution in [2.45, 2.75) is 50.9 Å². The van der Waals surface area contributed by atoms with Crippen LogP contribution in [-0.2, 0) is 13.1 Å². The van der Waals surface area contributed by atoms with Gasteiger partial charge in [-0.15, -0.1) is 0 Å². The van der Waals surface area contributed by atoms with Gasteiger partial charge in [0.2, 0.25) is 0 Å². The first-order valence-electron chi connectivity index (χ1n) is 8.33. The summed E-state index contributed by atoms with van der Waals surface area (Å²) in [5.74, 6) is 0. The van der Waals surface area contributed by atoms with E-state index in [2.05, 4.69) is 65.6 Å². The molecule has 2 aromatic rings. The Labute approximate surface area is 133 Å². The molecule has 0 unspecified atom stereocenters. The molecule has 0 amide bonds. The van der Waals surface area contributed by atoms with Gasteiger partial charge in [-0.05, 0) is 24.0 Å². The number of nitrogens with zero attached hydrogens (tertiary/aromatic N) is 1. The van der Waals surface area contributed by atoms with Crippen LogP contribution in [0.4, 0.5) is 0 Å². The molecule has 2 nitrogen and oxygen atoms in total. The molecule has 116 valence electrons. The predicted molar refractivity (Wildman–Crippen MR) is 90.4 cm³/mol. The third-order valence-electron chi connectivity index (χ3n) is 4.62. The SMILES string of the molecule is O[C@@H]1CCCC[C@@H]1N(Cc1ccccc1)Cc1ccccc1. The van der Waals surface area contributed by atoms with Crippen molar-refractivity contribution in [3.63, 3.8) is 0 Å².